The van der Waals surface area contributed by atoms with Gasteiger partial charge in [-0.2, -0.15) is 0 Å². The Morgan fingerprint density at radius 2 is 2.05 bits per heavy atom. The van der Waals surface area contributed by atoms with E-state index < -0.39 is 0 Å². The molecule has 0 aliphatic heterocycles. The van der Waals surface area contributed by atoms with Gasteiger partial charge in [-0.1, -0.05) is 6.07 Å². The van der Waals surface area contributed by atoms with Gasteiger partial charge in [0.1, 0.15) is 6.61 Å². The lowest BCUT2D eigenvalue weighted by atomic mass is 10.1. The highest BCUT2D eigenvalue weighted by Gasteiger charge is 2.08. The van der Waals surface area contributed by atoms with Crippen LogP contribution in [0, 0.1) is 0 Å². The lowest BCUT2D eigenvalue weighted by molar-refractivity contribution is 0.271. The first-order valence-corrected chi connectivity index (χ1v) is 8.22. The smallest absolute Gasteiger partial charge is 0.161 e. The largest absolute Gasteiger partial charge is 0.490 e. The highest BCUT2D eigenvalue weighted by Crippen LogP contribution is 2.31. The molecule has 0 spiro atoms. The van der Waals surface area contributed by atoms with Gasteiger partial charge in [0.2, 0.25) is 0 Å². The van der Waals surface area contributed by atoms with E-state index in [0.717, 1.165) is 22.4 Å². The Kier molecular flexibility index (Phi) is 5.88. The van der Waals surface area contributed by atoms with Crippen molar-refractivity contribution in [1.82, 2.24) is 0 Å². The summed E-state index contributed by atoms with van der Waals surface area (Å²) in [5.41, 5.74) is 6.75. The predicted molar refractivity (Wildman–Crippen MR) is 86.7 cm³/mol. The molecule has 5 heteroatoms. The summed E-state index contributed by atoms with van der Waals surface area (Å²) in [5, 5.41) is 2.04. The van der Waals surface area contributed by atoms with Crippen LogP contribution in [0.5, 0.6) is 11.5 Å². The molecule has 1 aromatic carbocycles. The molecule has 20 heavy (non-hydrogen) atoms. The van der Waals surface area contributed by atoms with Gasteiger partial charge in [-0.15, -0.1) is 11.3 Å². The van der Waals surface area contributed by atoms with Gasteiger partial charge in [0, 0.05) is 4.47 Å². The molecule has 0 unspecified atom stereocenters. The average Bonchev–Trinajstić information content (AvgIpc) is 2.84. The van der Waals surface area contributed by atoms with Crippen molar-refractivity contribution in [1.29, 1.82) is 0 Å². The van der Waals surface area contributed by atoms with Gasteiger partial charge in [-0.05, 0) is 65.0 Å². The summed E-state index contributed by atoms with van der Waals surface area (Å²) >= 11 is 5.18. The van der Waals surface area contributed by atoms with E-state index in [1.54, 1.807) is 11.3 Å². The second kappa shape index (κ2) is 7.67. The summed E-state index contributed by atoms with van der Waals surface area (Å²) in [6, 6.07) is 8.03. The maximum Gasteiger partial charge on any atom is 0.161 e. The van der Waals surface area contributed by atoms with Gasteiger partial charge in [0.05, 0.1) is 11.5 Å². The Bertz CT molecular complexity index is 557. The highest BCUT2D eigenvalue weighted by molar-refractivity contribution is 9.10. The molecule has 2 aromatic rings. The van der Waals surface area contributed by atoms with Gasteiger partial charge in [0.25, 0.3) is 0 Å². The molecule has 0 aliphatic rings. The fourth-order valence-electron chi connectivity index (χ4n) is 1.83. The molecule has 0 radical (unpaired) electrons. The van der Waals surface area contributed by atoms with E-state index in [9.17, 15) is 0 Å². The van der Waals surface area contributed by atoms with Gasteiger partial charge in [-0.3, -0.25) is 0 Å². The first-order valence-electron chi connectivity index (χ1n) is 6.55. The molecule has 0 atom stereocenters. The second-order valence-electron chi connectivity index (χ2n) is 4.23. The minimum Gasteiger partial charge on any atom is -0.490 e. The molecule has 0 amide bonds. The third-order valence-corrected chi connectivity index (χ3v) is 4.69. The number of thiophene rings is 1. The van der Waals surface area contributed by atoms with Gasteiger partial charge in [-0.25, -0.2) is 0 Å². The van der Waals surface area contributed by atoms with Crippen molar-refractivity contribution in [2.75, 3.05) is 13.2 Å². The molecule has 0 fully saturated rings. The Hall–Kier alpha value is -1.04. The van der Waals surface area contributed by atoms with Crippen LogP contribution in [0.3, 0.4) is 0 Å². The minimum absolute atomic E-state index is 0.536. The molecule has 1 aromatic heterocycles. The summed E-state index contributed by atoms with van der Waals surface area (Å²) < 4.78 is 12.6. The Labute approximate surface area is 131 Å². The van der Waals surface area contributed by atoms with Crippen LogP contribution < -0.4 is 15.2 Å². The van der Waals surface area contributed by atoms with Crippen molar-refractivity contribution >= 4 is 27.3 Å². The number of halogens is 1. The maximum atomic E-state index is 5.87. The predicted octanol–water partition coefficient (Wildman–Crippen LogP) is 3.99. The van der Waals surface area contributed by atoms with Crippen LogP contribution in [-0.4, -0.2) is 13.2 Å². The Balaban J connectivity index is 2.11. The van der Waals surface area contributed by atoms with E-state index >= 15 is 0 Å². The molecule has 3 nitrogen and oxygen atoms in total. The number of hydrogen-bond donors (Lipinski definition) is 1. The summed E-state index contributed by atoms with van der Waals surface area (Å²) in [4.78, 5) is 1.17. The third-order valence-electron chi connectivity index (χ3n) is 2.79. The zero-order valence-corrected chi connectivity index (χ0v) is 13.8. The maximum absolute atomic E-state index is 5.87. The van der Waals surface area contributed by atoms with E-state index in [4.69, 9.17) is 15.2 Å². The molecular formula is C15H18BrNO2S. The van der Waals surface area contributed by atoms with Crippen molar-refractivity contribution in [3.8, 4) is 11.5 Å². The summed E-state index contributed by atoms with van der Waals surface area (Å²) in [7, 11) is 0. The van der Waals surface area contributed by atoms with Crippen LogP contribution in [0.2, 0.25) is 0 Å². The Morgan fingerprint density at radius 1 is 1.20 bits per heavy atom. The van der Waals surface area contributed by atoms with Gasteiger partial charge in [0.15, 0.2) is 11.5 Å². The first kappa shape index (κ1) is 15.4. The van der Waals surface area contributed by atoms with Crippen molar-refractivity contribution in [2.24, 2.45) is 5.73 Å². The summed E-state index contributed by atoms with van der Waals surface area (Å²) in [5.74, 6) is 1.55. The number of benzene rings is 1. The molecule has 0 saturated carbocycles. The van der Waals surface area contributed by atoms with Crippen LogP contribution in [0.25, 0.3) is 0 Å². The number of ether oxygens (including phenoxy) is 2. The molecule has 108 valence electrons. The monoisotopic (exact) mass is 355 g/mol. The number of hydrogen-bond acceptors (Lipinski definition) is 4. The van der Waals surface area contributed by atoms with Crippen molar-refractivity contribution in [3.05, 3.63) is 44.6 Å². The molecule has 2 rings (SSSR count). The molecule has 0 aliphatic carbocycles. The lowest BCUT2D eigenvalue weighted by Crippen LogP contribution is -2.04. The number of nitrogens with two attached hydrogens (primary N) is 1. The van der Waals surface area contributed by atoms with E-state index in [2.05, 4.69) is 15.9 Å². The third kappa shape index (κ3) is 3.98. The van der Waals surface area contributed by atoms with Gasteiger partial charge >= 0.3 is 0 Å². The van der Waals surface area contributed by atoms with E-state index in [1.165, 1.54) is 10.4 Å². The topological polar surface area (TPSA) is 44.5 Å². The molecule has 1 heterocycles. The van der Waals surface area contributed by atoms with E-state index in [0.29, 0.717) is 19.8 Å². The average molecular weight is 356 g/mol. The highest BCUT2D eigenvalue weighted by atomic mass is 79.9. The SMILES string of the molecule is CCOc1cc(CCN)ccc1OCc1sccc1Br. The number of rotatable bonds is 7. The Morgan fingerprint density at radius 3 is 2.70 bits per heavy atom. The zero-order valence-electron chi connectivity index (χ0n) is 11.4. The zero-order chi connectivity index (χ0) is 14.4. The summed E-state index contributed by atoms with van der Waals surface area (Å²) in [6.07, 6.45) is 0.844. The second-order valence-corrected chi connectivity index (χ2v) is 6.09. The first-order chi connectivity index (χ1) is 9.74. The molecular weight excluding hydrogens is 338 g/mol. The summed E-state index contributed by atoms with van der Waals surface area (Å²) in [6.45, 7) is 3.75. The fourth-order valence-corrected chi connectivity index (χ4v) is 3.21. The van der Waals surface area contributed by atoms with Crippen LogP contribution in [-0.2, 0) is 13.0 Å². The fraction of sp³-hybridized carbons (Fsp3) is 0.333. The van der Waals surface area contributed by atoms with Crippen molar-refractivity contribution < 1.29 is 9.47 Å². The van der Waals surface area contributed by atoms with Gasteiger partial charge < -0.3 is 15.2 Å². The lowest BCUT2D eigenvalue weighted by Gasteiger charge is -2.13. The van der Waals surface area contributed by atoms with Crippen LogP contribution in [0.4, 0.5) is 0 Å². The molecule has 0 saturated heterocycles. The normalized spacial score (nSPS) is 10.6. The van der Waals surface area contributed by atoms with E-state index in [-0.39, 0.29) is 0 Å². The van der Waals surface area contributed by atoms with Crippen LogP contribution in [0.15, 0.2) is 34.1 Å². The van der Waals surface area contributed by atoms with Crippen LogP contribution >= 0.6 is 27.3 Å². The quantitative estimate of drug-likeness (QED) is 0.816. The van der Waals surface area contributed by atoms with Crippen molar-refractivity contribution in [3.63, 3.8) is 0 Å². The van der Waals surface area contributed by atoms with Crippen LogP contribution in [0.1, 0.15) is 17.4 Å². The van der Waals surface area contributed by atoms with E-state index in [1.807, 2.05) is 36.6 Å². The molecule has 0 bridgehead atoms. The minimum atomic E-state index is 0.536. The standard InChI is InChI=1S/C15H18BrNO2S/c1-2-18-14-9-11(5-7-17)3-4-13(14)19-10-15-12(16)6-8-20-15/h3-4,6,8-9H,2,5,7,10,17H2,1H3. The molecule has 2 N–H and O–H groups in total. The van der Waals surface area contributed by atoms with Crippen molar-refractivity contribution in [2.45, 2.75) is 20.0 Å².